The van der Waals surface area contributed by atoms with Gasteiger partial charge in [-0.05, 0) is 42.8 Å². The lowest BCUT2D eigenvalue weighted by atomic mass is 10.2. The second-order valence-electron chi connectivity index (χ2n) is 5.12. The van der Waals surface area contributed by atoms with Crippen LogP contribution in [0.25, 0.3) is 0 Å². The Morgan fingerprint density at radius 1 is 1.17 bits per heavy atom. The average molecular weight is 393 g/mol. The molecule has 1 heterocycles. The Morgan fingerprint density at radius 3 is 2.65 bits per heavy atom. The van der Waals surface area contributed by atoms with Gasteiger partial charge in [0.05, 0.1) is 10.6 Å². The molecule has 0 fully saturated rings. The second kappa shape index (κ2) is 7.15. The maximum Gasteiger partial charge on any atom is 0.259 e. The van der Waals surface area contributed by atoms with E-state index < -0.39 is 0 Å². The van der Waals surface area contributed by atoms with Crippen molar-refractivity contribution in [2.24, 2.45) is 4.99 Å². The van der Waals surface area contributed by atoms with Crippen LogP contribution >= 0.6 is 27.5 Å². The van der Waals surface area contributed by atoms with Gasteiger partial charge in [-0.3, -0.25) is 15.1 Å². The first-order chi connectivity index (χ1) is 11.1. The first-order valence-corrected chi connectivity index (χ1v) is 8.46. The normalized spacial score (nSPS) is 14.3. The van der Waals surface area contributed by atoms with Gasteiger partial charge in [-0.25, -0.2) is 0 Å². The van der Waals surface area contributed by atoms with Crippen molar-refractivity contribution in [3.63, 3.8) is 0 Å². The molecular formula is C17H15BrClN3O. The van der Waals surface area contributed by atoms with Gasteiger partial charge in [0.1, 0.15) is 0 Å². The zero-order valence-electron chi connectivity index (χ0n) is 12.3. The summed E-state index contributed by atoms with van der Waals surface area (Å²) in [6, 6.07) is 14.9. The zero-order valence-corrected chi connectivity index (χ0v) is 14.6. The summed E-state index contributed by atoms with van der Waals surface area (Å²) in [5.74, 6) is 0.307. The molecule has 0 unspecified atom stereocenters. The Labute approximate surface area is 148 Å². The summed E-state index contributed by atoms with van der Waals surface area (Å²) in [5.41, 5.74) is 1.43. The molecule has 6 heteroatoms. The molecule has 0 saturated heterocycles. The maximum absolute atomic E-state index is 12.5. The molecule has 1 aliphatic rings. The lowest BCUT2D eigenvalue weighted by molar-refractivity contribution is 0.0976. The molecule has 118 valence electrons. The fourth-order valence-electron chi connectivity index (χ4n) is 2.40. The van der Waals surface area contributed by atoms with Gasteiger partial charge < -0.3 is 4.90 Å². The molecule has 0 aliphatic carbocycles. The average Bonchev–Trinajstić information content (AvgIpc) is 2.56. The number of nitrogens with zero attached hydrogens (tertiary/aromatic N) is 2. The quantitative estimate of drug-likeness (QED) is 0.836. The second-order valence-corrected chi connectivity index (χ2v) is 6.44. The lowest BCUT2D eigenvalue weighted by Crippen LogP contribution is -2.47. The molecular weight excluding hydrogens is 378 g/mol. The predicted molar refractivity (Wildman–Crippen MR) is 97.3 cm³/mol. The van der Waals surface area contributed by atoms with Crippen LogP contribution in [0.1, 0.15) is 16.8 Å². The van der Waals surface area contributed by atoms with E-state index in [0.717, 1.165) is 23.1 Å². The van der Waals surface area contributed by atoms with Crippen molar-refractivity contribution in [2.45, 2.75) is 6.42 Å². The summed E-state index contributed by atoms with van der Waals surface area (Å²) >= 11 is 9.52. The third kappa shape index (κ3) is 3.74. The van der Waals surface area contributed by atoms with E-state index in [1.807, 2.05) is 29.2 Å². The van der Waals surface area contributed by atoms with Crippen molar-refractivity contribution in [1.29, 1.82) is 0 Å². The minimum Gasteiger partial charge on any atom is -0.312 e. The standard InChI is InChI=1S/C17H15BrClN3O/c18-12-6-8-13(9-7-12)22-11-3-10-20-17(22)21-16(23)14-4-1-2-5-15(14)19/h1-2,4-9H,3,10-11H2,(H,20,21,23). The van der Waals surface area contributed by atoms with Gasteiger partial charge >= 0.3 is 0 Å². The molecule has 1 aliphatic heterocycles. The van der Waals surface area contributed by atoms with Crippen molar-refractivity contribution in [1.82, 2.24) is 5.32 Å². The van der Waals surface area contributed by atoms with Gasteiger partial charge in [0, 0.05) is 23.2 Å². The summed E-state index contributed by atoms with van der Waals surface area (Å²) in [6.45, 7) is 1.51. The fraction of sp³-hybridized carbons (Fsp3) is 0.176. The van der Waals surface area contributed by atoms with Gasteiger partial charge in [0.15, 0.2) is 0 Å². The van der Waals surface area contributed by atoms with Crippen LogP contribution in [0.15, 0.2) is 58.0 Å². The maximum atomic E-state index is 12.5. The van der Waals surface area contributed by atoms with Crippen LogP contribution in [0, 0.1) is 0 Å². The highest BCUT2D eigenvalue weighted by atomic mass is 79.9. The summed E-state index contributed by atoms with van der Waals surface area (Å²) in [4.78, 5) is 18.9. The van der Waals surface area contributed by atoms with Gasteiger partial charge in [-0.2, -0.15) is 0 Å². The SMILES string of the molecule is O=C(NC1=NCCCN1c1ccc(Br)cc1)c1ccccc1Cl. The molecule has 0 radical (unpaired) electrons. The van der Waals surface area contributed by atoms with Crippen molar-refractivity contribution in [2.75, 3.05) is 18.0 Å². The van der Waals surface area contributed by atoms with E-state index in [-0.39, 0.29) is 5.91 Å². The third-order valence-corrected chi connectivity index (χ3v) is 4.40. The predicted octanol–water partition coefficient (Wildman–Crippen LogP) is 4.10. The summed E-state index contributed by atoms with van der Waals surface area (Å²) in [7, 11) is 0. The number of carbonyl (C=O) groups is 1. The third-order valence-electron chi connectivity index (χ3n) is 3.54. The number of nitrogens with one attached hydrogen (secondary N) is 1. The number of rotatable bonds is 2. The minimum absolute atomic E-state index is 0.252. The van der Waals surface area contributed by atoms with Crippen molar-refractivity contribution in [3.05, 3.63) is 63.6 Å². The van der Waals surface area contributed by atoms with E-state index in [9.17, 15) is 4.79 Å². The van der Waals surface area contributed by atoms with Gasteiger partial charge in [0.2, 0.25) is 5.96 Å². The number of hydrogen-bond acceptors (Lipinski definition) is 3. The molecule has 23 heavy (non-hydrogen) atoms. The number of halogens is 2. The summed E-state index contributed by atoms with van der Waals surface area (Å²) in [6.07, 6.45) is 0.946. The Morgan fingerprint density at radius 2 is 1.91 bits per heavy atom. The first-order valence-electron chi connectivity index (χ1n) is 7.28. The van der Waals surface area contributed by atoms with Crippen LogP contribution in [0.2, 0.25) is 5.02 Å². The first kappa shape index (κ1) is 16.0. The smallest absolute Gasteiger partial charge is 0.259 e. The van der Waals surface area contributed by atoms with Crippen molar-refractivity contribution >= 4 is 45.1 Å². The number of aliphatic imine (C=N–C) groups is 1. The van der Waals surface area contributed by atoms with E-state index in [2.05, 4.69) is 26.2 Å². The van der Waals surface area contributed by atoms with Crippen LogP contribution in [-0.2, 0) is 0 Å². The van der Waals surface area contributed by atoms with Gasteiger partial charge in [0.25, 0.3) is 5.91 Å². The Hall–Kier alpha value is -1.85. The fourth-order valence-corrected chi connectivity index (χ4v) is 2.88. The van der Waals surface area contributed by atoms with Crippen LogP contribution in [-0.4, -0.2) is 25.0 Å². The van der Waals surface area contributed by atoms with Crippen LogP contribution in [0.5, 0.6) is 0 Å². The summed E-state index contributed by atoms with van der Waals surface area (Å²) < 4.78 is 1.01. The molecule has 1 N–H and O–H groups in total. The van der Waals surface area contributed by atoms with E-state index in [0.29, 0.717) is 23.1 Å². The molecule has 3 rings (SSSR count). The number of amides is 1. The van der Waals surface area contributed by atoms with Crippen molar-refractivity contribution in [3.8, 4) is 0 Å². The Balaban J connectivity index is 1.82. The molecule has 2 aromatic rings. The van der Waals surface area contributed by atoms with E-state index in [1.54, 1.807) is 24.3 Å². The number of anilines is 1. The lowest BCUT2D eigenvalue weighted by Gasteiger charge is -2.29. The van der Waals surface area contributed by atoms with Crippen LogP contribution in [0.3, 0.4) is 0 Å². The zero-order chi connectivity index (χ0) is 16.2. The highest BCUT2D eigenvalue weighted by Crippen LogP contribution is 2.21. The van der Waals surface area contributed by atoms with Crippen LogP contribution in [0.4, 0.5) is 5.69 Å². The molecule has 0 spiro atoms. The number of guanidine groups is 1. The number of carbonyl (C=O) groups excluding carboxylic acids is 1. The summed E-state index contributed by atoms with van der Waals surface area (Å²) in [5, 5.41) is 3.31. The topological polar surface area (TPSA) is 44.7 Å². The molecule has 0 saturated carbocycles. The highest BCUT2D eigenvalue weighted by molar-refractivity contribution is 9.10. The molecule has 1 amide bonds. The number of hydrogen-bond donors (Lipinski definition) is 1. The van der Waals surface area contributed by atoms with Crippen LogP contribution < -0.4 is 10.2 Å². The number of benzene rings is 2. The molecule has 2 aromatic carbocycles. The molecule has 0 bridgehead atoms. The minimum atomic E-state index is -0.252. The highest BCUT2D eigenvalue weighted by Gasteiger charge is 2.20. The van der Waals surface area contributed by atoms with Gasteiger partial charge in [-0.15, -0.1) is 0 Å². The molecule has 0 aromatic heterocycles. The van der Waals surface area contributed by atoms with Gasteiger partial charge in [-0.1, -0.05) is 39.7 Å². The molecule has 0 atom stereocenters. The monoisotopic (exact) mass is 391 g/mol. The Kier molecular flexibility index (Phi) is 4.98. The van der Waals surface area contributed by atoms with E-state index >= 15 is 0 Å². The molecule has 4 nitrogen and oxygen atoms in total. The van der Waals surface area contributed by atoms with E-state index in [4.69, 9.17) is 11.6 Å². The largest absolute Gasteiger partial charge is 0.312 e. The van der Waals surface area contributed by atoms with Crippen molar-refractivity contribution < 1.29 is 4.79 Å². The Bertz CT molecular complexity index is 746. The van der Waals surface area contributed by atoms with E-state index in [1.165, 1.54) is 0 Å².